The first-order valence-electron chi connectivity index (χ1n) is 7.25. The van der Waals surface area contributed by atoms with Gasteiger partial charge < -0.3 is 10.1 Å². The molecule has 0 aromatic heterocycles. The Labute approximate surface area is 144 Å². The highest BCUT2D eigenvalue weighted by Crippen LogP contribution is 2.16. The van der Waals surface area contributed by atoms with Gasteiger partial charge in [0.1, 0.15) is 0 Å². The van der Waals surface area contributed by atoms with Crippen LogP contribution in [0.5, 0.6) is 0 Å². The Morgan fingerprint density at radius 1 is 1.08 bits per heavy atom. The second-order valence-corrected chi connectivity index (χ2v) is 5.52. The number of carbonyl (C=O) groups excluding carboxylic acids is 3. The molecule has 5 nitrogen and oxygen atoms in total. The molecule has 124 valence electrons. The first kappa shape index (κ1) is 17.7. The molecule has 0 unspecified atom stereocenters. The summed E-state index contributed by atoms with van der Waals surface area (Å²) in [5, 5.41) is 3.05. The van der Waals surface area contributed by atoms with E-state index in [2.05, 4.69) is 5.32 Å². The van der Waals surface area contributed by atoms with Crippen LogP contribution in [0.4, 0.5) is 5.69 Å². The van der Waals surface area contributed by atoms with Crippen molar-refractivity contribution in [3.63, 3.8) is 0 Å². The number of Topliss-reactive ketones (excluding diaryl/α,β-unsaturated/α-hetero) is 1. The number of benzene rings is 2. The first-order chi connectivity index (χ1) is 11.5. The molecular formula is C18H16ClNO4. The van der Waals surface area contributed by atoms with Crippen molar-refractivity contribution < 1.29 is 19.1 Å². The summed E-state index contributed by atoms with van der Waals surface area (Å²) in [6, 6.07) is 13.5. The van der Waals surface area contributed by atoms with Crippen LogP contribution in [-0.4, -0.2) is 24.3 Å². The maximum absolute atomic E-state index is 11.8. The normalized spacial score (nSPS) is 10.1. The third kappa shape index (κ3) is 5.21. The smallest absolute Gasteiger partial charge is 0.310 e. The molecule has 0 saturated heterocycles. The molecule has 1 N–H and O–H groups in total. The van der Waals surface area contributed by atoms with Crippen molar-refractivity contribution in [3.8, 4) is 0 Å². The van der Waals surface area contributed by atoms with Gasteiger partial charge in [-0.2, -0.15) is 0 Å². The molecule has 0 atom stereocenters. The molecule has 24 heavy (non-hydrogen) atoms. The van der Waals surface area contributed by atoms with Gasteiger partial charge in [0, 0.05) is 16.3 Å². The quantitative estimate of drug-likeness (QED) is 0.644. The number of esters is 1. The predicted octanol–water partition coefficient (Wildman–Crippen LogP) is 3.27. The van der Waals surface area contributed by atoms with Crippen molar-refractivity contribution in [1.29, 1.82) is 0 Å². The zero-order valence-electron chi connectivity index (χ0n) is 13.0. The van der Waals surface area contributed by atoms with E-state index in [9.17, 15) is 14.4 Å². The van der Waals surface area contributed by atoms with Crippen molar-refractivity contribution in [3.05, 3.63) is 64.7 Å². The lowest BCUT2D eigenvalue weighted by molar-refractivity contribution is -0.146. The molecule has 2 aromatic rings. The fourth-order valence-electron chi connectivity index (χ4n) is 2.01. The van der Waals surface area contributed by atoms with Gasteiger partial charge in [-0.1, -0.05) is 41.9 Å². The Hall–Kier alpha value is -2.66. The maximum atomic E-state index is 11.8. The van der Waals surface area contributed by atoms with E-state index in [0.717, 1.165) is 0 Å². The van der Waals surface area contributed by atoms with Gasteiger partial charge in [-0.05, 0) is 30.7 Å². The monoisotopic (exact) mass is 345 g/mol. The second-order valence-electron chi connectivity index (χ2n) is 5.11. The van der Waals surface area contributed by atoms with Crippen LogP contribution in [0.1, 0.15) is 22.8 Å². The van der Waals surface area contributed by atoms with Crippen LogP contribution >= 0.6 is 11.6 Å². The van der Waals surface area contributed by atoms with E-state index >= 15 is 0 Å². The summed E-state index contributed by atoms with van der Waals surface area (Å²) >= 11 is 5.96. The van der Waals surface area contributed by atoms with Crippen molar-refractivity contribution >= 4 is 34.9 Å². The number of ether oxygens (including phenoxy) is 1. The predicted molar refractivity (Wildman–Crippen MR) is 91.2 cm³/mol. The minimum Gasteiger partial charge on any atom is -0.455 e. The van der Waals surface area contributed by atoms with Crippen LogP contribution in [0.3, 0.4) is 0 Å². The highest BCUT2D eigenvalue weighted by molar-refractivity contribution is 6.31. The Morgan fingerprint density at radius 2 is 1.83 bits per heavy atom. The lowest BCUT2D eigenvalue weighted by Gasteiger charge is -2.08. The fourth-order valence-corrected chi connectivity index (χ4v) is 2.21. The number of anilines is 1. The lowest BCUT2D eigenvalue weighted by Crippen LogP contribution is -2.21. The van der Waals surface area contributed by atoms with Crippen LogP contribution in [-0.2, 0) is 20.7 Å². The van der Waals surface area contributed by atoms with Crippen LogP contribution in [0.2, 0.25) is 5.02 Å². The van der Waals surface area contributed by atoms with Crippen molar-refractivity contribution in [1.82, 2.24) is 0 Å². The average molecular weight is 346 g/mol. The molecule has 6 heteroatoms. The number of hydrogen-bond acceptors (Lipinski definition) is 4. The maximum Gasteiger partial charge on any atom is 0.310 e. The average Bonchev–Trinajstić information content (AvgIpc) is 2.55. The summed E-state index contributed by atoms with van der Waals surface area (Å²) in [6.45, 7) is 1.03. The summed E-state index contributed by atoms with van der Waals surface area (Å²) in [5.74, 6) is -1.13. The van der Waals surface area contributed by atoms with Crippen LogP contribution in [0, 0.1) is 0 Å². The minimum absolute atomic E-state index is 0.00717. The Bertz CT molecular complexity index is 773. The summed E-state index contributed by atoms with van der Waals surface area (Å²) in [6.07, 6.45) is -0.00717. The molecule has 0 radical (unpaired) electrons. The summed E-state index contributed by atoms with van der Waals surface area (Å²) < 4.78 is 4.94. The summed E-state index contributed by atoms with van der Waals surface area (Å²) in [5.41, 5.74) is 1.59. The van der Waals surface area contributed by atoms with E-state index in [4.69, 9.17) is 16.3 Å². The topological polar surface area (TPSA) is 72.5 Å². The van der Waals surface area contributed by atoms with Gasteiger partial charge in [0.15, 0.2) is 12.4 Å². The van der Waals surface area contributed by atoms with Crippen LogP contribution in [0.15, 0.2) is 48.5 Å². The number of rotatable bonds is 6. The van der Waals surface area contributed by atoms with Gasteiger partial charge in [-0.3, -0.25) is 14.4 Å². The molecule has 0 heterocycles. The molecule has 0 spiro atoms. The SMILES string of the molecule is CC(=O)c1cccc(NC(=O)COC(=O)Cc2ccccc2Cl)c1. The number of carbonyl (C=O) groups is 3. The van der Waals surface area contributed by atoms with Gasteiger partial charge in [0.25, 0.3) is 5.91 Å². The van der Waals surface area contributed by atoms with Gasteiger partial charge in [-0.25, -0.2) is 0 Å². The molecule has 2 rings (SSSR count). The third-order valence-corrected chi connectivity index (χ3v) is 3.58. The van der Waals surface area contributed by atoms with Gasteiger partial charge in [-0.15, -0.1) is 0 Å². The number of halogens is 1. The highest BCUT2D eigenvalue weighted by Gasteiger charge is 2.11. The molecule has 1 amide bonds. The minimum atomic E-state index is -0.546. The number of ketones is 1. The summed E-state index contributed by atoms with van der Waals surface area (Å²) in [7, 11) is 0. The van der Waals surface area contributed by atoms with E-state index in [1.54, 1.807) is 48.5 Å². The van der Waals surface area contributed by atoms with Gasteiger partial charge in [0.2, 0.25) is 0 Å². The molecule has 0 fully saturated rings. The standard InChI is InChI=1S/C18H16ClNO4/c1-12(21)13-6-4-7-15(9-13)20-17(22)11-24-18(23)10-14-5-2-3-8-16(14)19/h2-9H,10-11H2,1H3,(H,20,22). The van der Waals surface area contributed by atoms with E-state index in [1.807, 2.05) is 0 Å². The lowest BCUT2D eigenvalue weighted by atomic mass is 10.1. The van der Waals surface area contributed by atoms with Crippen molar-refractivity contribution in [2.75, 3.05) is 11.9 Å². The number of nitrogens with one attached hydrogen (secondary N) is 1. The largest absolute Gasteiger partial charge is 0.455 e. The van der Waals surface area contributed by atoms with E-state index < -0.39 is 18.5 Å². The van der Waals surface area contributed by atoms with Crippen LogP contribution in [0.25, 0.3) is 0 Å². The van der Waals surface area contributed by atoms with Crippen LogP contribution < -0.4 is 5.32 Å². The fraction of sp³-hybridized carbons (Fsp3) is 0.167. The summed E-state index contributed by atoms with van der Waals surface area (Å²) in [4.78, 5) is 34.9. The number of hydrogen-bond donors (Lipinski definition) is 1. The molecule has 0 aliphatic rings. The first-order valence-corrected chi connectivity index (χ1v) is 7.63. The molecule has 0 saturated carbocycles. The molecule has 2 aromatic carbocycles. The Balaban J connectivity index is 1.85. The van der Waals surface area contributed by atoms with Crippen molar-refractivity contribution in [2.24, 2.45) is 0 Å². The second kappa shape index (κ2) is 8.26. The zero-order valence-corrected chi connectivity index (χ0v) is 13.8. The molecule has 0 aliphatic heterocycles. The number of amides is 1. The highest BCUT2D eigenvalue weighted by atomic mass is 35.5. The van der Waals surface area contributed by atoms with E-state index in [0.29, 0.717) is 21.8 Å². The van der Waals surface area contributed by atoms with Gasteiger partial charge >= 0.3 is 5.97 Å². The molecular weight excluding hydrogens is 330 g/mol. The van der Waals surface area contributed by atoms with Gasteiger partial charge in [0.05, 0.1) is 6.42 Å². The van der Waals surface area contributed by atoms with E-state index in [-0.39, 0.29) is 12.2 Å². The third-order valence-electron chi connectivity index (χ3n) is 3.21. The van der Waals surface area contributed by atoms with E-state index in [1.165, 1.54) is 6.92 Å². The van der Waals surface area contributed by atoms with Crippen molar-refractivity contribution in [2.45, 2.75) is 13.3 Å². The Kier molecular flexibility index (Phi) is 6.09. The molecule has 0 aliphatic carbocycles. The molecule has 0 bridgehead atoms. The Morgan fingerprint density at radius 3 is 2.54 bits per heavy atom. The zero-order chi connectivity index (χ0) is 17.5.